The fraction of sp³-hybridized carbons (Fsp3) is 1.00. The van der Waals surface area contributed by atoms with Crippen LogP contribution in [0.5, 0.6) is 0 Å². The van der Waals surface area contributed by atoms with Gasteiger partial charge in [-0.25, -0.2) is 0 Å². The van der Waals surface area contributed by atoms with Crippen molar-refractivity contribution in [2.45, 2.75) is 65.3 Å². The number of aliphatic hydroxyl groups excluding tert-OH is 1. The second kappa shape index (κ2) is 11.9. The normalized spacial score (nSPS) is 16.5. The summed E-state index contributed by atoms with van der Waals surface area (Å²) in [5.41, 5.74) is 0. The molecule has 110 valence electrons. The van der Waals surface area contributed by atoms with Crippen molar-refractivity contribution in [3.8, 4) is 0 Å². The predicted molar refractivity (Wildman–Crippen MR) is 72.9 cm³/mol. The zero-order valence-corrected chi connectivity index (χ0v) is 12.4. The third-order valence-corrected chi connectivity index (χ3v) is 2.64. The highest BCUT2D eigenvalue weighted by Gasteiger charge is 2.10. The van der Waals surface area contributed by atoms with Gasteiger partial charge in [-0.05, 0) is 27.2 Å². The van der Waals surface area contributed by atoms with Crippen LogP contribution in [0.2, 0.25) is 0 Å². The number of ether oxygens (including phenoxy) is 3. The summed E-state index contributed by atoms with van der Waals surface area (Å²) in [6, 6.07) is 0. The quantitative estimate of drug-likeness (QED) is 0.586. The first-order valence-electron chi connectivity index (χ1n) is 7.09. The van der Waals surface area contributed by atoms with Gasteiger partial charge >= 0.3 is 0 Å². The van der Waals surface area contributed by atoms with Gasteiger partial charge in [0.2, 0.25) is 0 Å². The molecule has 0 spiro atoms. The first-order chi connectivity index (χ1) is 8.60. The monoisotopic (exact) mass is 262 g/mol. The average molecular weight is 262 g/mol. The van der Waals surface area contributed by atoms with Gasteiger partial charge in [-0.15, -0.1) is 0 Å². The molecule has 0 saturated carbocycles. The molecule has 3 unspecified atom stereocenters. The first-order valence-corrected chi connectivity index (χ1v) is 7.09. The lowest BCUT2D eigenvalue weighted by Gasteiger charge is -2.19. The highest BCUT2D eigenvalue weighted by molar-refractivity contribution is 4.57. The van der Waals surface area contributed by atoms with Gasteiger partial charge in [0.25, 0.3) is 0 Å². The number of hydrogen-bond donors (Lipinski definition) is 1. The number of rotatable bonds is 12. The van der Waals surface area contributed by atoms with Crippen LogP contribution in [0.4, 0.5) is 0 Å². The Bertz CT molecular complexity index is 157. The van der Waals surface area contributed by atoms with E-state index in [1.165, 1.54) is 0 Å². The highest BCUT2D eigenvalue weighted by Crippen LogP contribution is 2.03. The molecule has 0 saturated heterocycles. The third-order valence-electron chi connectivity index (χ3n) is 2.64. The summed E-state index contributed by atoms with van der Waals surface area (Å²) < 4.78 is 16.4. The minimum Gasteiger partial charge on any atom is -0.391 e. The van der Waals surface area contributed by atoms with Crippen LogP contribution in [0.1, 0.15) is 47.0 Å². The summed E-state index contributed by atoms with van der Waals surface area (Å²) in [6.45, 7) is 10.3. The van der Waals surface area contributed by atoms with Crippen LogP contribution in [-0.2, 0) is 14.2 Å². The van der Waals surface area contributed by atoms with Gasteiger partial charge in [-0.2, -0.15) is 0 Å². The van der Waals surface area contributed by atoms with Gasteiger partial charge in [-0.3, -0.25) is 0 Å². The second-order valence-electron chi connectivity index (χ2n) is 4.74. The maximum atomic E-state index is 9.64. The van der Waals surface area contributed by atoms with Crippen molar-refractivity contribution >= 4 is 0 Å². The lowest BCUT2D eigenvalue weighted by atomic mass is 10.2. The summed E-state index contributed by atoms with van der Waals surface area (Å²) in [5, 5.41) is 9.64. The number of aliphatic hydroxyl groups is 1. The van der Waals surface area contributed by atoms with Crippen LogP contribution in [0, 0.1) is 0 Å². The molecule has 4 heteroatoms. The van der Waals surface area contributed by atoms with Crippen molar-refractivity contribution in [3.63, 3.8) is 0 Å². The standard InChI is InChI=1S/C14H30O4/c1-5-7-8-14(15)11-18-13(4)10-17-12(3)9-16-6-2/h12-15H,5-11H2,1-4H3. The Morgan fingerprint density at radius 2 is 1.56 bits per heavy atom. The van der Waals surface area contributed by atoms with E-state index in [2.05, 4.69) is 6.92 Å². The van der Waals surface area contributed by atoms with Crippen molar-refractivity contribution < 1.29 is 19.3 Å². The van der Waals surface area contributed by atoms with Crippen molar-refractivity contribution in [1.29, 1.82) is 0 Å². The second-order valence-corrected chi connectivity index (χ2v) is 4.74. The molecule has 0 bridgehead atoms. The Morgan fingerprint density at radius 1 is 0.944 bits per heavy atom. The van der Waals surface area contributed by atoms with Crippen molar-refractivity contribution in [1.82, 2.24) is 0 Å². The molecule has 0 aliphatic rings. The fourth-order valence-corrected chi connectivity index (χ4v) is 1.48. The first kappa shape index (κ1) is 17.8. The van der Waals surface area contributed by atoms with E-state index in [9.17, 15) is 5.11 Å². The Kier molecular flexibility index (Phi) is 11.8. The van der Waals surface area contributed by atoms with E-state index in [1.807, 2.05) is 20.8 Å². The van der Waals surface area contributed by atoms with Gasteiger partial charge in [-0.1, -0.05) is 19.8 Å². The molecular weight excluding hydrogens is 232 g/mol. The zero-order chi connectivity index (χ0) is 13.8. The molecular formula is C14H30O4. The van der Waals surface area contributed by atoms with Gasteiger partial charge in [0.1, 0.15) is 0 Å². The van der Waals surface area contributed by atoms with Gasteiger partial charge in [0.15, 0.2) is 0 Å². The van der Waals surface area contributed by atoms with Crippen LogP contribution in [0.15, 0.2) is 0 Å². The van der Waals surface area contributed by atoms with Crippen LogP contribution in [0.25, 0.3) is 0 Å². The molecule has 0 aromatic heterocycles. The average Bonchev–Trinajstić information content (AvgIpc) is 2.37. The number of hydrogen-bond acceptors (Lipinski definition) is 4. The third kappa shape index (κ3) is 11.0. The minimum atomic E-state index is -0.353. The Hall–Kier alpha value is -0.160. The van der Waals surface area contributed by atoms with E-state index in [0.29, 0.717) is 26.4 Å². The summed E-state index contributed by atoms with van der Waals surface area (Å²) >= 11 is 0. The SMILES string of the molecule is CCCCC(O)COC(C)COC(C)COCC. The van der Waals surface area contributed by atoms with E-state index < -0.39 is 0 Å². The zero-order valence-electron chi connectivity index (χ0n) is 12.4. The van der Waals surface area contributed by atoms with Crippen LogP contribution >= 0.6 is 0 Å². The van der Waals surface area contributed by atoms with Crippen LogP contribution < -0.4 is 0 Å². The summed E-state index contributed by atoms with van der Waals surface area (Å²) in [7, 11) is 0. The van der Waals surface area contributed by atoms with Gasteiger partial charge in [0.05, 0.1) is 38.1 Å². The van der Waals surface area contributed by atoms with Crippen molar-refractivity contribution in [2.24, 2.45) is 0 Å². The molecule has 0 radical (unpaired) electrons. The van der Waals surface area contributed by atoms with Gasteiger partial charge < -0.3 is 19.3 Å². The molecule has 0 fully saturated rings. The molecule has 3 atom stereocenters. The molecule has 1 N–H and O–H groups in total. The van der Waals surface area contributed by atoms with Gasteiger partial charge in [0, 0.05) is 6.61 Å². The Labute approximate surface area is 112 Å². The molecule has 0 heterocycles. The smallest absolute Gasteiger partial charge is 0.0781 e. The molecule has 0 amide bonds. The Balaban J connectivity index is 3.49. The molecule has 0 aliphatic heterocycles. The van der Waals surface area contributed by atoms with Crippen molar-refractivity contribution in [3.05, 3.63) is 0 Å². The molecule has 4 nitrogen and oxygen atoms in total. The van der Waals surface area contributed by atoms with E-state index >= 15 is 0 Å². The maximum Gasteiger partial charge on any atom is 0.0781 e. The van der Waals surface area contributed by atoms with E-state index in [0.717, 1.165) is 19.3 Å². The molecule has 0 rings (SSSR count). The topological polar surface area (TPSA) is 47.9 Å². The molecule has 0 aliphatic carbocycles. The Morgan fingerprint density at radius 3 is 2.17 bits per heavy atom. The van der Waals surface area contributed by atoms with E-state index in [4.69, 9.17) is 14.2 Å². The molecule has 0 aromatic rings. The lowest BCUT2D eigenvalue weighted by Crippen LogP contribution is -2.26. The highest BCUT2D eigenvalue weighted by atomic mass is 16.6. The molecule has 18 heavy (non-hydrogen) atoms. The van der Waals surface area contributed by atoms with Crippen LogP contribution in [-0.4, -0.2) is 49.8 Å². The lowest BCUT2D eigenvalue weighted by molar-refractivity contribution is -0.0721. The van der Waals surface area contributed by atoms with E-state index in [1.54, 1.807) is 0 Å². The fourth-order valence-electron chi connectivity index (χ4n) is 1.48. The largest absolute Gasteiger partial charge is 0.391 e. The minimum absolute atomic E-state index is 0.00496. The van der Waals surface area contributed by atoms with Crippen molar-refractivity contribution in [2.75, 3.05) is 26.4 Å². The summed E-state index contributed by atoms with van der Waals surface area (Å²) in [6.07, 6.45) is 2.69. The molecule has 0 aromatic carbocycles. The maximum absolute atomic E-state index is 9.64. The summed E-state index contributed by atoms with van der Waals surface area (Å²) in [5.74, 6) is 0. The van der Waals surface area contributed by atoms with Crippen LogP contribution in [0.3, 0.4) is 0 Å². The predicted octanol–water partition coefficient (Wildman–Crippen LogP) is 2.38. The van der Waals surface area contributed by atoms with E-state index in [-0.39, 0.29) is 18.3 Å². The summed E-state index contributed by atoms with van der Waals surface area (Å²) in [4.78, 5) is 0. The number of unbranched alkanes of at least 4 members (excludes halogenated alkanes) is 1.